The fourth-order valence-electron chi connectivity index (χ4n) is 1.71. The van der Waals surface area contributed by atoms with Crippen molar-refractivity contribution >= 4 is 15.7 Å². The third-order valence-corrected chi connectivity index (χ3v) is 4.71. The number of sulfonamides is 1. The summed E-state index contributed by atoms with van der Waals surface area (Å²) in [6.07, 6.45) is 0.508. The molecule has 0 saturated heterocycles. The van der Waals surface area contributed by atoms with Gasteiger partial charge in [-0.05, 0) is 37.5 Å². The van der Waals surface area contributed by atoms with Gasteiger partial charge in [-0.15, -0.1) is 0 Å². The quantitative estimate of drug-likeness (QED) is 0.605. The molecule has 0 fully saturated rings. The van der Waals surface area contributed by atoms with E-state index in [4.69, 9.17) is 5.73 Å². The molecule has 7 nitrogen and oxygen atoms in total. The predicted octanol–water partition coefficient (Wildman–Crippen LogP) is 1.23. The summed E-state index contributed by atoms with van der Waals surface area (Å²) in [5.41, 5.74) is 6.38. The Morgan fingerprint density at radius 3 is 2.35 bits per heavy atom. The highest BCUT2D eigenvalue weighted by molar-refractivity contribution is 7.89. The van der Waals surface area contributed by atoms with E-state index in [2.05, 4.69) is 4.72 Å². The van der Waals surface area contributed by atoms with E-state index in [-0.39, 0.29) is 11.4 Å². The molecular weight excluding hydrogens is 282 g/mol. The SMILES string of the molecule is CCC(CN)NS(=O)(=O)c1cc(C)c(C)cc1[N+](=O)[O-]. The van der Waals surface area contributed by atoms with Crippen LogP contribution in [0, 0.1) is 24.0 Å². The number of nitro benzene ring substituents is 1. The largest absolute Gasteiger partial charge is 0.329 e. The van der Waals surface area contributed by atoms with E-state index in [0.29, 0.717) is 17.5 Å². The van der Waals surface area contributed by atoms with Crippen LogP contribution in [0.15, 0.2) is 17.0 Å². The molecule has 1 aromatic carbocycles. The minimum absolute atomic E-state index is 0.133. The lowest BCUT2D eigenvalue weighted by molar-refractivity contribution is -0.387. The van der Waals surface area contributed by atoms with E-state index in [1.165, 1.54) is 12.1 Å². The van der Waals surface area contributed by atoms with Gasteiger partial charge >= 0.3 is 0 Å². The lowest BCUT2D eigenvalue weighted by Crippen LogP contribution is -2.39. The van der Waals surface area contributed by atoms with Gasteiger partial charge in [-0.2, -0.15) is 0 Å². The van der Waals surface area contributed by atoms with Crippen LogP contribution in [0.5, 0.6) is 0 Å². The van der Waals surface area contributed by atoms with Crippen molar-refractivity contribution in [2.24, 2.45) is 5.73 Å². The number of benzene rings is 1. The minimum Gasteiger partial charge on any atom is -0.329 e. The molecule has 1 rings (SSSR count). The van der Waals surface area contributed by atoms with E-state index in [9.17, 15) is 18.5 Å². The van der Waals surface area contributed by atoms with Gasteiger partial charge in [0.25, 0.3) is 5.69 Å². The van der Waals surface area contributed by atoms with Crippen molar-refractivity contribution in [3.05, 3.63) is 33.4 Å². The summed E-state index contributed by atoms with van der Waals surface area (Å²) >= 11 is 0. The van der Waals surface area contributed by atoms with Crippen LogP contribution in [0.25, 0.3) is 0 Å². The van der Waals surface area contributed by atoms with E-state index < -0.39 is 26.7 Å². The molecule has 0 aliphatic heterocycles. The average Bonchev–Trinajstić information content (AvgIpc) is 2.38. The fourth-order valence-corrected chi connectivity index (χ4v) is 3.28. The van der Waals surface area contributed by atoms with Crippen molar-refractivity contribution in [3.63, 3.8) is 0 Å². The van der Waals surface area contributed by atoms with Crippen molar-refractivity contribution in [2.45, 2.75) is 38.1 Å². The van der Waals surface area contributed by atoms with Crippen LogP contribution < -0.4 is 10.5 Å². The standard InChI is InChI=1S/C12H19N3O4S/c1-4-10(7-13)14-20(18,19)12-6-9(3)8(2)5-11(12)15(16)17/h5-6,10,14H,4,7,13H2,1-3H3. The molecule has 0 aliphatic carbocycles. The summed E-state index contributed by atoms with van der Waals surface area (Å²) in [4.78, 5) is 10.0. The second kappa shape index (κ2) is 6.29. The Morgan fingerprint density at radius 1 is 1.35 bits per heavy atom. The number of aryl methyl sites for hydroxylation is 2. The number of rotatable bonds is 6. The van der Waals surface area contributed by atoms with E-state index in [1.54, 1.807) is 20.8 Å². The fraction of sp³-hybridized carbons (Fsp3) is 0.500. The summed E-state index contributed by atoms with van der Waals surface area (Å²) in [7, 11) is -3.97. The van der Waals surface area contributed by atoms with Crippen molar-refractivity contribution in [1.29, 1.82) is 0 Å². The zero-order chi connectivity index (χ0) is 15.5. The molecule has 0 bridgehead atoms. The number of nitrogens with two attached hydrogens (primary N) is 1. The first-order chi connectivity index (χ1) is 9.22. The second-order valence-corrected chi connectivity index (χ2v) is 6.31. The topological polar surface area (TPSA) is 115 Å². The number of hydrogen-bond acceptors (Lipinski definition) is 5. The lowest BCUT2D eigenvalue weighted by Gasteiger charge is -2.15. The number of nitrogens with zero attached hydrogens (tertiary/aromatic N) is 1. The molecule has 20 heavy (non-hydrogen) atoms. The maximum atomic E-state index is 12.3. The maximum absolute atomic E-state index is 12.3. The summed E-state index contributed by atoms with van der Waals surface area (Å²) in [6, 6.07) is 2.15. The molecule has 112 valence electrons. The Labute approximate surface area is 118 Å². The Bertz CT molecular complexity index is 609. The zero-order valence-electron chi connectivity index (χ0n) is 11.7. The maximum Gasteiger partial charge on any atom is 0.289 e. The molecule has 1 atom stereocenters. The highest BCUT2D eigenvalue weighted by Gasteiger charge is 2.28. The third-order valence-electron chi connectivity index (χ3n) is 3.16. The molecule has 0 radical (unpaired) electrons. The minimum atomic E-state index is -3.97. The number of nitro groups is 1. The summed E-state index contributed by atoms with van der Waals surface area (Å²) in [5.74, 6) is 0. The molecule has 0 saturated carbocycles. The summed E-state index contributed by atoms with van der Waals surface area (Å²) in [5, 5.41) is 11.0. The normalized spacial score (nSPS) is 13.2. The van der Waals surface area contributed by atoms with Crippen LogP contribution in [-0.4, -0.2) is 25.9 Å². The zero-order valence-corrected chi connectivity index (χ0v) is 12.5. The van der Waals surface area contributed by atoms with Crippen LogP contribution >= 0.6 is 0 Å². The van der Waals surface area contributed by atoms with E-state index >= 15 is 0 Å². The van der Waals surface area contributed by atoms with Crippen LogP contribution in [-0.2, 0) is 10.0 Å². The van der Waals surface area contributed by atoms with Crippen LogP contribution in [0.3, 0.4) is 0 Å². The van der Waals surface area contributed by atoms with E-state index in [0.717, 1.165) is 0 Å². The molecule has 1 aromatic rings. The van der Waals surface area contributed by atoms with Crippen LogP contribution in [0.4, 0.5) is 5.69 Å². The van der Waals surface area contributed by atoms with Gasteiger partial charge in [0, 0.05) is 18.7 Å². The van der Waals surface area contributed by atoms with Crippen molar-refractivity contribution in [2.75, 3.05) is 6.54 Å². The van der Waals surface area contributed by atoms with Gasteiger partial charge < -0.3 is 5.73 Å². The van der Waals surface area contributed by atoms with Gasteiger partial charge in [-0.25, -0.2) is 13.1 Å². The monoisotopic (exact) mass is 301 g/mol. The van der Waals surface area contributed by atoms with Gasteiger partial charge in [0.05, 0.1) is 4.92 Å². The van der Waals surface area contributed by atoms with Crippen molar-refractivity contribution in [3.8, 4) is 0 Å². The van der Waals surface area contributed by atoms with Crippen molar-refractivity contribution in [1.82, 2.24) is 4.72 Å². The Kier molecular flexibility index (Phi) is 5.21. The van der Waals surface area contributed by atoms with E-state index in [1.807, 2.05) is 0 Å². The highest BCUT2D eigenvalue weighted by Crippen LogP contribution is 2.27. The number of hydrogen-bond donors (Lipinski definition) is 2. The van der Waals surface area contributed by atoms with Gasteiger partial charge in [-0.1, -0.05) is 6.92 Å². The first-order valence-electron chi connectivity index (χ1n) is 6.21. The average molecular weight is 301 g/mol. The molecule has 0 aliphatic rings. The van der Waals surface area contributed by atoms with Gasteiger partial charge in [0.1, 0.15) is 0 Å². The Balaban J connectivity index is 3.37. The predicted molar refractivity (Wildman–Crippen MR) is 76.0 cm³/mol. The molecule has 0 aromatic heterocycles. The second-order valence-electron chi connectivity index (χ2n) is 4.62. The Hall–Kier alpha value is -1.51. The third kappa shape index (κ3) is 3.53. The highest BCUT2D eigenvalue weighted by atomic mass is 32.2. The molecule has 8 heteroatoms. The van der Waals surface area contributed by atoms with Crippen molar-refractivity contribution < 1.29 is 13.3 Å². The van der Waals surface area contributed by atoms with Gasteiger partial charge in [0.2, 0.25) is 10.0 Å². The molecule has 3 N–H and O–H groups in total. The smallest absolute Gasteiger partial charge is 0.289 e. The summed E-state index contributed by atoms with van der Waals surface area (Å²) in [6.45, 7) is 5.32. The van der Waals surface area contributed by atoms with Crippen LogP contribution in [0.1, 0.15) is 24.5 Å². The lowest BCUT2D eigenvalue weighted by atomic mass is 10.1. The van der Waals surface area contributed by atoms with Crippen LogP contribution in [0.2, 0.25) is 0 Å². The molecular formula is C12H19N3O4S. The molecule has 0 heterocycles. The summed E-state index contributed by atoms with van der Waals surface area (Å²) < 4.78 is 26.9. The molecule has 1 unspecified atom stereocenters. The Morgan fingerprint density at radius 2 is 1.90 bits per heavy atom. The van der Waals surface area contributed by atoms with Gasteiger partial charge in [0.15, 0.2) is 4.90 Å². The first-order valence-corrected chi connectivity index (χ1v) is 7.69. The van der Waals surface area contributed by atoms with Gasteiger partial charge in [-0.3, -0.25) is 10.1 Å². The molecule has 0 amide bonds. The number of nitrogens with one attached hydrogen (secondary N) is 1. The molecule has 0 spiro atoms. The first kappa shape index (κ1) is 16.5.